The maximum absolute atomic E-state index is 5.69. The van der Waals surface area contributed by atoms with Crippen molar-refractivity contribution in [2.24, 2.45) is 5.73 Å². The highest BCUT2D eigenvalue weighted by atomic mass is 32.1. The summed E-state index contributed by atoms with van der Waals surface area (Å²) >= 11 is 5.03. The highest BCUT2D eigenvalue weighted by molar-refractivity contribution is 7.80. The molecule has 0 radical (unpaired) electrons. The van der Waals surface area contributed by atoms with Gasteiger partial charge >= 0.3 is 0 Å². The van der Waals surface area contributed by atoms with Gasteiger partial charge in [0.25, 0.3) is 0 Å². The minimum atomic E-state index is 0.396. The molecule has 2 N–H and O–H groups in total. The van der Waals surface area contributed by atoms with Gasteiger partial charge in [-0.3, -0.25) is 0 Å². The molecule has 0 amide bonds. The molecule has 0 bridgehead atoms. The van der Waals surface area contributed by atoms with E-state index in [1.165, 1.54) is 0 Å². The summed E-state index contributed by atoms with van der Waals surface area (Å²) < 4.78 is 0. The first-order valence-electron chi connectivity index (χ1n) is 5.63. The fourth-order valence-corrected chi connectivity index (χ4v) is 1.78. The summed E-state index contributed by atoms with van der Waals surface area (Å²) in [6.45, 7) is 1.99. The van der Waals surface area contributed by atoms with Gasteiger partial charge in [0.1, 0.15) is 10.8 Å². The van der Waals surface area contributed by atoms with E-state index in [-0.39, 0.29) is 0 Å². The Kier molecular flexibility index (Phi) is 5.31. The lowest BCUT2D eigenvalue weighted by molar-refractivity contribution is 0.401. The lowest BCUT2D eigenvalue weighted by atomic mass is 10.2. The van der Waals surface area contributed by atoms with E-state index in [4.69, 9.17) is 18.0 Å². The van der Waals surface area contributed by atoms with Crippen molar-refractivity contribution in [3.05, 3.63) is 23.9 Å². The van der Waals surface area contributed by atoms with E-state index in [0.29, 0.717) is 4.99 Å². The summed E-state index contributed by atoms with van der Waals surface area (Å²) in [4.78, 5) is 9.00. The Labute approximate surface area is 108 Å². The van der Waals surface area contributed by atoms with Crippen molar-refractivity contribution in [1.82, 2.24) is 9.88 Å². The molecule has 0 aliphatic carbocycles. The smallest absolute Gasteiger partial charge is 0.138 e. The fraction of sp³-hybridized carbons (Fsp3) is 0.500. The third-order valence-electron chi connectivity index (χ3n) is 2.51. The summed E-state index contributed by atoms with van der Waals surface area (Å²) in [6.07, 6.45) is 2.84. The Morgan fingerprint density at radius 3 is 2.65 bits per heavy atom. The molecule has 0 atom stereocenters. The van der Waals surface area contributed by atoms with E-state index < -0.39 is 0 Å². The van der Waals surface area contributed by atoms with Crippen molar-refractivity contribution in [3.8, 4) is 0 Å². The Bertz CT molecular complexity index is 379. The molecule has 17 heavy (non-hydrogen) atoms. The molecule has 0 spiro atoms. The molecule has 94 valence electrons. The Balaban J connectivity index is 2.68. The number of thiocarbonyl (C=S) groups is 1. The lowest BCUT2D eigenvalue weighted by Gasteiger charge is -2.21. The highest BCUT2D eigenvalue weighted by Crippen LogP contribution is 2.15. The molecule has 4 nitrogen and oxygen atoms in total. The molecule has 0 saturated heterocycles. The van der Waals surface area contributed by atoms with Crippen LogP contribution in [0.3, 0.4) is 0 Å². The molecular weight excluding hydrogens is 232 g/mol. The molecular formula is C12H20N4S. The van der Waals surface area contributed by atoms with Gasteiger partial charge in [-0.25, -0.2) is 4.98 Å². The maximum atomic E-state index is 5.69. The molecule has 0 aromatic carbocycles. The van der Waals surface area contributed by atoms with E-state index in [1.807, 2.05) is 19.2 Å². The van der Waals surface area contributed by atoms with Gasteiger partial charge in [-0.2, -0.15) is 0 Å². The number of hydrogen-bond acceptors (Lipinski definition) is 4. The van der Waals surface area contributed by atoms with Gasteiger partial charge in [0.05, 0.1) is 5.56 Å². The molecule has 1 aromatic rings. The molecule has 0 aliphatic rings. The van der Waals surface area contributed by atoms with Crippen LogP contribution in [0.2, 0.25) is 0 Å². The van der Waals surface area contributed by atoms with Crippen molar-refractivity contribution in [1.29, 1.82) is 0 Å². The van der Waals surface area contributed by atoms with Gasteiger partial charge in [-0.05, 0) is 39.2 Å². The first-order chi connectivity index (χ1) is 8.02. The van der Waals surface area contributed by atoms with Crippen LogP contribution in [0, 0.1) is 0 Å². The normalized spacial score (nSPS) is 10.6. The van der Waals surface area contributed by atoms with Crippen LogP contribution in [-0.4, -0.2) is 49.1 Å². The van der Waals surface area contributed by atoms with Crippen LogP contribution in [0.1, 0.15) is 12.0 Å². The SMILES string of the molecule is CN(C)CCCN(C)c1ncccc1C(N)=S. The monoisotopic (exact) mass is 252 g/mol. The molecule has 1 aromatic heterocycles. The predicted octanol–water partition coefficient (Wildman–Crippen LogP) is 1.10. The predicted molar refractivity (Wildman–Crippen MR) is 76.6 cm³/mol. The molecule has 0 aliphatic heterocycles. The zero-order chi connectivity index (χ0) is 12.8. The van der Waals surface area contributed by atoms with E-state index in [2.05, 4.69) is 28.9 Å². The summed E-state index contributed by atoms with van der Waals surface area (Å²) in [5, 5.41) is 0. The van der Waals surface area contributed by atoms with Gasteiger partial charge < -0.3 is 15.5 Å². The van der Waals surface area contributed by atoms with Gasteiger partial charge in [0, 0.05) is 19.8 Å². The van der Waals surface area contributed by atoms with Gasteiger partial charge in [-0.1, -0.05) is 12.2 Å². The average molecular weight is 252 g/mol. The van der Waals surface area contributed by atoms with Crippen LogP contribution >= 0.6 is 12.2 Å². The maximum Gasteiger partial charge on any atom is 0.138 e. The third kappa shape index (κ3) is 4.28. The third-order valence-corrected chi connectivity index (χ3v) is 2.73. The number of nitrogens with two attached hydrogens (primary N) is 1. The molecule has 0 fully saturated rings. The summed E-state index contributed by atoms with van der Waals surface area (Å²) in [5.74, 6) is 0.860. The van der Waals surface area contributed by atoms with Crippen LogP contribution in [0.4, 0.5) is 5.82 Å². The first kappa shape index (κ1) is 13.9. The van der Waals surface area contributed by atoms with Crippen molar-refractivity contribution >= 4 is 23.0 Å². The van der Waals surface area contributed by atoms with E-state index in [0.717, 1.165) is 30.9 Å². The van der Waals surface area contributed by atoms with Crippen LogP contribution in [0.25, 0.3) is 0 Å². The van der Waals surface area contributed by atoms with Gasteiger partial charge in [0.15, 0.2) is 0 Å². The minimum absolute atomic E-state index is 0.396. The molecule has 0 saturated carbocycles. The summed E-state index contributed by atoms with van der Waals surface area (Å²) in [6, 6.07) is 3.76. The van der Waals surface area contributed by atoms with Gasteiger partial charge in [-0.15, -0.1) is 0 Å². The zero-order valence-corrected chi connectivity index (χ0v) is 11.5. The molecule has 5 heteroatoms. The Morgan fingerprint density at radius 2 is 2.06 bits per heavy atom. The number of nitrogens with zero attached hydrogens (tertiary/aromatic N) is 3. The summed E-state index contributed by atoms with van der Waals surface area (Å²) in [7, 11) is 6.15. The number of pyridine rings is 1. The first-order valence-corrected chi connectivity index (χ1v) is 6.04. The van der Waals surface area contributed by atoms with Crippen LogP contribution in [-0.2, 0) is 0 Å². The van der Waals surface area contributed by atoms with Crippen molar-refractivity contribution in [3.63, 3.8) is 0 Å². The second-order valence-corrected chi connectivity index (χ2v) is 4.76. The van der Waals surface area contributed by atoms with Crippen LogP contribution < -0.4 is 10.6 Å². The average Bonchev–Trinajstić information content (AvgIpc) is 2.28. The molecule has 1 rings (SSSR count). The second kappa shape index (κ2) is 6.51. The lowest BCUT2D eigenvalue weighted by Crippen LogP contribution is -2.26. The minimum Gasteiger partial charge on any atom is -0.389 e. The van der Waals surface area contributed by atoms with Gasteiger partial charge in [0.2, 0.25) is 0 Å². The Hall–Kier alpha value is -1.20. The number of rotatable bonds is 6. The molecule has 0 unspecified atom stereocenters. The zero-order valence-electron chi connectivity index (χ0n) is 10.7. The van der Waals surface area contributed by atoms with Crippen LogP contribution in [0.5, 0.6) is 0 Å². The van der Waals surface area contributed by atoms with Crippen LogP contribution in [0.15, 0.2) is 18.3 Å². The highest BCUT2D eigenvalue weighted by Gasteiger charge is 2.10. The molecule has 1 heterocycles. The quantitative estimate of drug-likeness (QED) is 0.768. The van der Waals surface area contributed by atoms with E-state index in [9.17, 15) is 0 Å². The van der Waals surface area contributed by atoms with E-state index >= 15 is 0 Å². The topological polar surface area (TPSA) is 45.4 Å². The van der Waals surface area contributed by atoms with Crippen molar-refractivity contribution < 1.29 is 0 Å². The standard InChI is InChI=1S/C12H20N4S/c1-15(2)8-5-9-16(3)12-10(11(13)17)6-4-7-14-12/h4,6-7H,5,8-9H2,1-3H3,(H2,13,17). The van der Waals surface area contributed by atoms with Crippen molar-refractivity contribution in [2.75, 3.05) is 39.1 Å². The Morgan fingerprint density at radius 1 is 1.35 bits per heavy atom. The number of aromatic nitrogens is 1. The largest absolute Gasteiger partial charge is 0.389 e. The van der Waals surface area contributed by atoms with Crippen molar-refractivity contribution in [2.45, 2.75) is 6.42 Å². The second-order valence-electron chi connectivity index (χ2n) is 4.32. The summed E-state index contributed by atoms with van der Waals surface area (Å²) in [5.41, 5.74) is 6.53. The number of hydrogen-bond donors (Lipinski definition) is 1. The van der Waals surface area contributed by atoms with E-state index in [1.54, 1.807) is 6.20 Å². The fourth-order valence-electron chi connectivity index (χ4n) is 1.62. The number of anilines is 1.